The van der Waals surface area contributed by atoms with Gasteiger partial charge in [0.1, 0.15) is 6.54 Å². The number of thioether (sulfide) groups is 1. The monoisotopic (exact) mass is 778 g/mol. The highest BCUT2D eigenvalue weighted by Gasteiger charge is 2.31. The summed E-state index contributed by atoms with van der Waals surface area (Å²) < 4.78 is 328. The number of alkyl halides is 3. The molecule has 6 nitrogen and oxygen atoms in total. The zero-order chi connectivity index (χ0) is 63.1. The van der Waals surface area contributed by atoms with Crippen LogP contribution in [-0.2, 0) is 34.5 Å². The van der Waals surface area contributed by atoms with Gasteiger partial charge in [-0.05, 0) is 66.6 Å². The predicted molar refractivity (Wildman–Crippen MR) is 198 cm³/mol. The number of piperidine rings is 1. The lowest BCUT2D eigenvalue weighted by Crippen LogP contribution is -2.48. The van der Waals surface area contributed by atoms with E-state index >= 15 is 13.6 Å². The molecule has 53 heavy (non-hydrogen) atoms. The lowest BCUT2D eigenvalue weighted by atomic mass is 10.00. The van der Waals surface area contributed by atoms with Crippen LogP contribution in [0.5, 0.6) is 0 Å². The molecule has 0 unspecified atom stereocenters. The van der Waals surface area contributed by atoms with E-state index in [4.69, 9.17) is 32.9 Å². The van der Waals surface area contributed by atoms with Crippen molar-refractivity contribution < 1.29 is 71.2 Å². The summed E-state index contributed by atoms with van der Waals surface area (Å²) in [6, 6.07) is -26.3. The molecule has 1 aliphatic rings. The van der Waals surface area contributed by atoms with E-state index in [2.05, 4.69) is 4.74 Å². The minimum atomic E-state index is -5.53. The quantitative estimate of drug-likeness (QED) is 0.0938. The number of hydrogen-bond acceptors (Lipinski definition) is 5. The number of carbonyl (C=O) groups is 1. The number of nitrogens with zero attached hydrogens (tertiary/aromatic N) is 3. The van der Waals surface area contributed by atoms with E-state index in [1.165, 1.54) is 0 Å². The van der Waals surface area contributed by atoms with Gasteiger partial charge in [-0.25, -0.2) is 8.78 Å². The smallest absolute Gasteiger partial charge is 0.383 e. The molecule has 0 atom stereocenters. The Morgan fingerprint density at radius 1 is 1.04 bits per heavy atom. The number of halogens is 5. The molecule has 0 saturated carbocycles. The van der Waals surface area contributed by atoms with E-state index in [-0.39, 0.29) is 9.47 Å². The molecule has 12 heteroatoms. The molecule has 0 N–H and O–H groups in total. The summed E-state index contributed by atoms with van der Waals surface area (Å²) in [4.78, 5) is 29.1. The van der Waals surface area contributed by atoms with Crippen molar-refractivity contribution >= 4 is 28.6 Å². The maximum Gasteiger partial charge on any atom is 0.416 e. The van der Waals surface area contributed by atoms with Crippen LogP contribution in [0.2, 0.25) is 0 Å². The highest BCUT2D eigenvalue weighted by atomic mass is 32.2. The zero-order valence-corrected chi connectivity index (χ0v) is 27.5. The second-order valence-electron chi connectivity index (χ2n) is 10.6. The highest BCUT2D eigenvalue weighted by Crippen LogP contribution is 2.32. The second kappa shape index (κ2) is 16.7. The van der Waals surface area contributed by atoms with Crippen LogP contribution in [0, 0.1) is 18.6 Å². The SMILES string of the molecule is [2H]c1c([2H])c(F)c(F)c(C([2H])([2H])Sc2c([2H])c(=O)c3c([2H])c(C)c([2H])c([2H])c3n2CC(=O)N(Cc2c([2H])c([2H])c(-c3c([2H])c([2H])c(C(F)(F)F)c([2H])c3[2H])c([2H])c2[2H])C2([2H])C([2H])([2H])C([2H])([2H])N(CCOC([2H])([2H])[2H])C([2H])([2H])C2([2H])[2H])c1[2H]. The summed E-state index contributed by atoms with van der Waals surface area (Å²) in [5.41, 5.74) is -14.6. The fourth-order valence-corrected chi connectivity index (χ4v) is 5.18. The maximum atomic E-state index is 15.7. The van der Waals surface area contributed by atoms with Gasteiger partial charge in [0.25, 0.3) is 0 Å². The van der Waals surface area contributed by atoms with E-state index < -0.39 is 256 Å². The first-order chi connectivity index (χ1) is 37.0. The van der Waals surface area contributed by atoms with Gasteiger partial charge in [0.15, 0.2) is 17.1 Å². The topological polar surface area (TPSA) is 54.8 Å². The number of rotatable bonds is 12. The lowest BCUT2D eigenvalue weighted by molar-refractivity contribution is -0.137. The molecule has 0 bridgehead atoms. The molecular weight excluding hydrogens is 710 g/mol. The van der Waals surface area contributed by atoms with Crippen LogP contribution in [0.4, 0.5) is 22.0 Å². The van der Waals surface area contributed by atoms with E-state index in [9.17, 15) is 24.8 Å². The van der Waals surface area contributed by atoms with Gasteiger partial charge in [-0.15, -0.1) is 11.8 Å². The fourth-order valence-electron chi connectivity index (χ4n) is 4.43. The van der Waals surface area contributed by atoms with Gasteiger partial charge < -0.3 is 19.1 Å². The van der Waals surface area contributed by atoms with Gasteiger partial charge in [0.05, 0.1) is 48.8 Å². The number of ether oxygens (including phenoxy) is 1. The average molecular weight is 779 g/mol. The average Bonchev–Trinajstić information content (AvgIpc) is 2.04. The molecule has 1 aromatic heterocycles. The Morgan fingerprint density at radius 2 is 1.74 bits per heavy atom. The lowest BCUT2D eigenvalue weighted by Gasteiger charge is -2.39. The van der Waals surface area contributed by atoms with Crippen molar-refractivity contribution in [1.29, 1.82) is 0 Å². The van der Waals surface area contributed by atoms with Gasteiger partial charge in [-0.3, -0.25) is 9.59 Å². The van der Waals surface area contributed by atoms with Gasteiger partial charge in [0.2, 0.25) is 5.91 Å². The van der Waals surface area contributed by atoms with Crippen molar-refractivity contribution in [3.8, 4) is 11.1 Å². The molecule has 0 radical (unpaired) electrons. The van der Waals surface area contributed by atoms with Crippen LogP contribution in [-0.4, -0.2) is 59.5 Å². The summed E-state index contributed by atoms with van der Waals surface area (Å²) in [6.45, 7) is -13.8. The van der Waals surface area contributed by atoms with Gasteiger partial charge in [-0.1, -0.05) is 59.9 Å². The van der Waals surface area contributed by atoms with Crippen molar-refractivity contribution in [2.24, 2.45) is 0 Å². The van der Waals surface area contributed by atoms with E-state index in [1.807, 2.05) is 0 Å². The highest BCUT2D eigenvalue weighted by molar-refractivity contribution is 7.98. The minimum Gasteiger partial charge on any atom is -0.383 e. The third-order valence-electron chi connectivity index (χ3n) is 6.95. The molecule has 1 fully saturated rings. The Morgan fingerprint density at radius 3 is 2.42 bits per heavy atom. The van der Waals surface area contributed by atoms with Crippen LogP contribution >= 0.6 is 11.8 Å². The van der Waals surface area contributed by atoms with Gasteiger partial charge >= 0.3 is 6.18 Å². The Labute approximate surface area is 349 Å². The molecule has 5 aromatic rings. The number of hydrogen-bond donors (Lipinski definition) is 0. The molecule has 4 aromatic carbocycles. The molecule has 6 rings (SSSR count). The van der Waals surface area contributed by atoms with Crippen LogP contribution < -0.4 is 5.43 Å². The number of methoxy groups -OCH3 is 1. The number of pyridine rings is 1. The van der Waals surface area contributed by atoms with Crippen molar-refractivity contribution in [3.63, 3.8) is 0 Å². The molecule has 1 amide bonds. The third kappa shape index (κ3) is 9.17. The molecular formula is C41H40F5N3O3S. The van der Waals surface area contributed by atoms with Crippen molar-refractivity contribution in [1.82, 2.24) is 14.4 Å². The fraction of sp³-hybridized carbons (Fsp3) is 0.317. The summed E-state index contributed by atoms with van der Waals surface area (Å²) >= 11 is -0.569. The van der Waals surface area contributed by atoms with Crippen LogP contribution in [0.3, 0.4) is 0 Å². The largest absolute Gasteiger partial charge is 0.416 e. The first kappa shape index (κ1) is 16.1. The number of likely N-dealkylation sites (tertiary alicyclic amines) is 1. The summed E-state index contributed by atoms with van der Waals surface area (Å²) in [7, 11) is -3.28. The minimum absolute atomic E-state index is 0.192. The summed E-state index contributed by atoms with van der Waals surface area (Å²) in [5.74, 6) is -6.63. The number of amides is 1. The van der Waals surface area contributed by atoms with Crippen molar-refractivity contribution in [2.45, 2.75) is 55.7 Å². The van der Waals surface area contributed by atoms with E-state index in [0.717, 1.165) is 6.92 Å². The van der Waals surface area contributed by atoms with Crippen LogP contribution in [0.25, 0.3) is 22.0 Å². The summed E-state index contributed by atoms with van der Waals surface area (Å²) in [6.07, 6.45) is -14.5. The van der Waals surface area contributed by atoms with Crippen LogP contribution in [0.1, 0.15) is 74.8 Å². The van der Waals surface area contributed by atoms with Crippen LogP contribution in [0.15, 0.2) is 100 Å². The first-order valence-corrected chi connectivity index (χ1v) is 15.6. The molecule has 0 spiro atoms. The second-order valence-corrected chi connectivity index (χ2v) is 11.3. The molecule has 1 aliphatic heterocycles. The van der Waals surface area contributed by atoms with E-state index in [0.29, 0.717) is 0 Å². The van der Waals surface area contributed by atoms with Gasteiger partial charge in [0, 0.05) is 75.5 Å². The molecule has 0 aliphatic carbocycles. The number of aromatic nitrogens is 1. The molecule has 2 heterocycles. The molecule has 1 saturated heterocycles. The number of fused-ring (bicyclic) bond motifs is 1. The van der Waals surface area contributed by atoms with E-state index in [1.54, 1.807) is 0 Å². The Hall–Kier alpha value is -4.52. The zero-order valence-electron chi connectivity index (χ0n) is 55.7. The number of benzene rings is 4. The van der Waals surface area contributed by atoms with Crippen molar-refractivity contribution in [2.75, 3.05) is 33.2 Å². The Bertz CT molecular complexity index is 3480. The Balaban J connectivity index is 1.75. The summed E-state index contributed by atoms with van der Waals surface area (Å²) in [5, 5.41) is -2.38. The van der Waals surface area contributed by atoms with Gasteiger partial charge in [-0.2, -0.15) is 13.2 Å². The number of carbonyl (C=O) groups excluding carboxylic acids is 1. The van der Waals surface area contributed by atoms with Crippen molar-refractivity contribution in [3.05, 3.63) is 135 Å². The maximum absolute atomic E-state index is 15.7. The standard InChI is InChI=1S/C41H40F5N3O3S/c1-27-6-15-36-34(22-27)37(50)23-39(53-26-31-4-3-5-35(42)40(31)43)49(36)25-38(51)48(33-16-18-47(19-17-33)20-21-52-2)24-28-7-9-29(10-8-28)30-11-13-32(14-12-30)41(44,45)46/h3-15,22-23,33H,16-21,24-26H2,1-2H3/i2D3,3D,4D,5D,6D,7D,8D,9D,10D,11D,12D,13D,14D,15D,16D2,17D2,18D2,19D2,22D,23D,26D2,33D. The molecule has 278 valence electrons. The predicted octanol–water partition coefficient (Wildman–Crippen LogP) is 8.71. The Kier molecular flexibility index (Phi) is 5.05. The normalized spacial score (nSPS) is 26.9. The first-order valence-electron chi connectivity index (χ1n) is 29.3. The third-order valence-corrected chi connectivity index (χ3v) is 7.78.